The monoisotopic (exact) mass is 401 g/mol. The molecule has 1 heterocycles. The molecule has 3 rings (SSSR count). The van der Waals surface area contributed by atoms with Crippen LogP contribution in [0, 0.1) is 0 Å². The summed E-state index contributed by atoms with van der Waals surface area (Å²) in [5.41, 5.74) is 0.932. The Morgan fingerprint density at radius 3 is 2.67 bits per heavy atom. The van der Waals surface area contributed by atoms with Crippen molar-refractivity contribution in [3.8, 4) is 5.69 Å². The van der Waals surface area contributed by atoms with E-state index >= 15 is 0 Å². The maximum atomic E-state index is 13.1. The van der Waals surface area contributed by atoms with Gasteiger partial charge in [0, 0.05) is 6.04 Å². The number of aromatic nitrogens is 2. The summed E-state index contributed by atoms with van der Waals surface area (Å²) in [6, 6.07) is 14.4. The van der Waals surface area contributed by atoms with Crippen LogP contribution in [-0.2, 0) is 4.79 Å². The van der Waals surface area contributed by atoms with Crippen molar-refractivity contribution in [2.45, 2.75) is 31.5 Å². The van der Waals surface area contributed by atoms with Gasteiger partial charge in [-0.2, -0.15) is 0 Å². The summed E-state index contributed by atoms with van der Waals surface area (Å²) >= 11 is 7.55. The lowest BCUT2D eigenvalue weighted by Crippen LogP contribution is -2.33. The van der Waals surface area contributed by atoms with Gasteiger partial charge in [0.15, 0.2) is 5.16 Å². The number of amides is 1. The second-order valence-electron chi connectivity index (χ2n) is 6.17. The maximum Gasteiger partial charge on any atom is 0.266 e. The third-order valence-corrected chi connectivity index (χ3v) is 5.45. The van der Waals surface area contributed by atoms with Crippen molar-refractivity contribution in [2.24, 2.45) is 0 Å². The molecule has 0 bridgehead atoms. The van der Waals surface area contributed by atoms with E-state index in [1.165, 1.54) is 16.3 Å². The molecule has 0 radical (unpaired) electrons. The van der Waals surface area contributed by atoms with Gasteiger partial charge in [-0.1, -0.05) is 54.6 Å². The molecule has 1 aromatic heterocycles. The zero-order valence-electron chi connectivity index (χ0n) is 15.1. The van der Waals surface area contributed by atoms with Gasteiger partial charge < -0.3 is 5.32 Å². The molecule has 7 heteroatoms. The number of carbonyl (C=O) groups excluding carboxylic acids is 1. The molecule has 0 saturated carbocycles. The minimum Gasteiger partial charge on any atom is -0.353 e. The van der Waals surface area contributed by atoms with Crippen molar-refractivity contribution in [1.29, 1.82) is 0 Å². The lowest BCUT2D eigenvalue weighted by Gasteiger charge is -2.15. The molecular weight excluding hydrogens is 382 g/mol. The molecule has 0 aliphatic heterocycles. The number of carbonyl (C=O) groups is 1. The second-order valence-corrected chi connectivity index (χ2v) is 7.52. The molecule has 1 N–H and O–H groups in total. The Morgan fingerprint density at radius 2 is 1.93 bits per heavy atom. The third-order valence-electron chi connectivity index (χ3n) is 4.19. The molecular formula is C20H20ClN3O2S. The predicted octanol–water partition coefficient (Wildman–Crippen LogP) is 4.05. The van der Waals surface area contributed by atoms with E-state index < -0.39 is 0 Å². The van der Waals surface area contributed by atoms with Gasteiger partial charge in [-0.25, -0.2) is 4.98 Å². The highest BCUT2D eigenvalue weighted by Gasteiger charge is 2.16. The number of thioether (sulfide) groups is 1. The highest BCUT2D eigenvalue weighted by Crippen LogP contribution is 2.25. The van der Waals surface area contributed by atoms with E-state index in [1.807, 2.05) is 26.0 Å². The van der Waals surface area contributed by atoms with Crippen LogP contribution in [0.25, 0.3) is 16.6 Å². The summed E-state index contributed by atoms with van der Waals surface area (Å²) in [4.78, 5) is 29.9. The lowest BCUT2D eigenvalue weighted by molar-refractivity contribution is -0.119. The fourth-order valence-electron chi connectivity index (χ4n) is 2.60. The first-order valence-corrected chi connectivity index (χ1v) is 10.1. The maximum absolute atomic E-state index is 13.1. The quantitative estimate of drug-likeness (QED) is 0.500. The summed E-state index contributed by atoms with van der Waals surface area (Å²) in [5.74, 6) is 0.0713. The van der Waals surface area contributed by atoms with Gasteiger partial charge in [-0.15, -0.1) is 0 Å². The molecule has 0 aliphatic carbocycles. The largest absolute Gasteiger partial charge is 0.353 e. The van der Waals surface area contributed by atoms with E-state index in [2.05, 4.69) is 10.3 Å². The summed E-state index contributed by atoms with van der Waals surface area (Å²) in [6.07, 6.45) is 0.856. The fourth-order valence-corrected chi connectivity index (χ4v) is 3.64. The summed E-state index contributed by atoms with van der Waals surface area (Å²) in [6.45, 7) is 3.97. The number of fused-ring (bicyclic) bond motifs is 1. The molecule has 0 spiro atoms. The van der Waals surface area contributed by atoms with Gasteiger partial charge in [-0.05, 0) is 37.6 Å². The van der Waals surface area contributed by atoms with Gasteiger partial charge >= 0.3 is 0 Å². The summed E-state index contributed by atoms with van der Waals surface area (Å²) in [5, 5.41) is 4.31. The van der Waals surface area contributed by atoms with E-state index in [4.69, 9.17) is 11.6 Å². The van der Waals surface area contributed by atoms with Crippen LogP contribution in [0.2, 0.25) is 5.02 Å². The van der Waals surface area contributed by atoms with Crippen molar-refractivity contribution in [2.75, 3.05) is 5.75 Å². The van der Waals surface area contributed by atoms with Crippen LogP contribution in [0.5, 0.6) is 0 Å². The van der Waals surface area contributed by atoms with Crippen LogP contribution in [-0.4, -0.2) is 27.3 Å². The Morgan fingerprint density at radius 1 is 1.22 bits per heavy atom. The van der Waals surface area contributed by atoms with Crippen molar-refractivity contribution in [3.05, 3.63) is 63.9 Å². The summed E-state index contributed by atoms with van der Waals surface area (Å²) < 4.78 is 1.48. The molecule has 1 amide bonds. The first-order valence-electron chi connectivity index (χ1n) is 8.70. The fraction of sp³-hybridized carbons (Fsp3) is 0.250. The number of benzene rings is 2. The highest BCUT2D eigenvalue weighted by atomic mass is 35.5. The molecule has 0 fully saturated rings. The lowest BCUT2D eigenvalue weighted by atomic mass is 10.2. The van der Waals surface area contributed by atoms with Crippen LogP contribution >= 0.6 is 23.4 Å². The first kappa shape index (κ1) is 19.5. The average Bonchev–Trinajstić information content (AvgIpc) is 2.67. The van der Waals surface area contributed by atoms with Gasteiger partial charge in [0.25, 0.3) is 5.56 Å². The smallest absolute Gasteiger partial charge is 0.266 e. The first-order chi connectivity index (χ1) is 13.0. The topological polar surface area (TPSA) is 64.0 Å². The molecule has 3 aromatic rings. The van der Waals surface area contributed by atoms with E-state index in [1.54, 1.807) is 36.4 Å². The van der Waals surface area contributed by atoms with E-state index in [0.29, 0.717) is 26.8 Å². The Kier molecular flexibility index (Phi) is 6.19. The normalized spacial score (nSPS) is 12.1. The third kappa shape index (κ3) is 4.34. The standard InChI is InChI=1S/C20H20ClN3O2S/c1-3-13(2)22-18(25)12-27-20-23-16-10-6-4-8-14(16)19(26)24(20)17-11-7-5-9-15(17)21/h4-11,13H,3,12H2,1-2H3,(H,22,25)/t13-/m1/s1. The number of hydrogen-bond acceptors (Lipinski definition) is 4. The molecule has 5 nitrogen and oxygen atoms in total. The van der Waals surface area contributed by atoms with Crippen molar-refractivity contribution < 1.29 is 4.79 Å². The van der Waals surface area contributed by atoms with Crippen molar-refractivity contribution in [1.82, 2.24) is 14.9 Å². The van der Waals surface area contributed by atoms with Crippen molar-refractivity contribution in [3.63, 3.8) is 0 Å². The summed E-state index contributed by atoms with van der Waals surface area (Å²) in [7, 11) is 0. The van der Waals surface area contributed by atoms with Crippen molar-refractivity contribution >= 4 is 40.2 Å². The minimum atomic E-state index is -0.210. The van der Waals surface area contributed by atoms with E-state index in [9.17, 15) is 9.59 Å². The van der Waals surface area contributed by atoms with Crippen LogP contribution < -0.4 is 10.9 Å². The van der Waals surface area contributed by atoms with Gasteiger partial charge in [0.2, 0.25) is 5.91 Å². The van der Waals surface area contributed by atoms with Crippen LogP contribution in [0.1, 0.15) is 20.3 Å². The van der Waals surface area contributed by atoms with E-state index in [-0.39, 0.29) is 23.3 Å². The zero-order valence-corrected chi connectivity index (χ0v) is 16.7. The average molecular weight is 402 g/mol. The second kappa shape index (κ2) is 8.59. The Labute approximate surface area is 166 Å². The molecule has 140 valence electrons. The minimum absolute atomic E-state index is 0.0949. The highest BCUT2D eigenvalue weighted by molar-refractivity contribution is 7.99. The molecule has 2 aromatic carbocycles. The zero-order chi connectivity index (χ0) is 19.4. The molecule has 1 atom stereocenters. The SMILES string of the molecule is CC[C@@H](C)NC(=O)CSc1nc2ccccc2c(=O)n1-c1ccccc1Cl. The molecule has 0 saturated heterocycles. The molecule has 27 heavy (non-hydrogen) atoms. The number of halogens is 1. The Bertz CT molecular complexity index is 1040. The number of nitrogens with one attached hydrogen (secondary N) is 1. The Hall–Kier alpha value is -2.31. The molecule has 0 unspecified atom stereocenters. The number of para-hydroxylation sites is 2. The predicted molar refractivity (Wildman–Crippen MR) is 111 cm³/mol. The van der Waals surface area contributed by atoms with Crippen LogP contribution in [0.3, 0.4) is 0 Å². The van der Waals surface area contributed by atoms with Crippen LogP contribution in [0.4, 0.5) is 0 Å². The number of rotatable bonds is 6. The van der Waals surface area contributed by atoms with Gasteiger partial charge in [-0.3, -0.25) is 14.2 Å². The number of hydrogen-bond donors (Lipinski definition) is 1. The van der Waals surface area contributed by atoms with Crippen LogP contribution in [0.15, 0.2) is 58.5 Å². The number of nitrogens with zero attached hydrogens (tertiary/aromatic N) is 2. The van der Waals surface area contributed by atoms with Gasteiger partial charge in [0.05, 0.1) is 27.4 Å². The van der Waals surface area contributed by atoms with Gasteiger partial charge in [0.1, 0.15) is 0 Å². The Balaban J connectivity index is 2.05. The van der Waals surface area contributed by atoms with E-state index in [0.717, 1.165) is 6.42 Å². The molecule has 0 aliphatic rings.